The zero-order valence-electron chi connectivity index (χ0n) is 14.0. The van der Waals surface area contributed by atoms with Crippen molar-refractivity contribution in [3.8, 4) is 0 Å². The number of benzene rings is 1. The van der Waals surface area contributed by atoms with Crippen molar-refractivity contribution in [3.05, 3.63) is 61.9 Å². The summed E-state index contributed by atoms with van der Waals surface area (Å²) >= 11 is 1.81. The molecule has 0 amide bonds. The fourth-order valence-electron chi connectivity index (χ4n) is 2.61. The molecule has 2 rings (SSSR count). The van der Waals surface area contributed by atoms with E-state index in [9.17, 15) is 9.59 Å². The van der Waals surface area contributed by atoms with Gasteiger partial charge in [-0.3, -0.25) is 14.3 Å². The molecular formula is C17H23N3O2S. The highest BCUT2D eigenvalue weighted by Crippen LogP contribution is 2.31. The zero-order chi connectivity index (χ0) is 17.0. The summed E-state index contributed by atoms with van der Waals surface area (Å²) in [5.41, 5.74) is 2.73. The van der Waals surface area contributed by atoms with Crippen LogP contribution in [0, 0.1) is 13.8 Å². The molecule has 2 N–H and O–H groups in total. The normalized spacial score (nSPS) is 12.3. The predicted octanol–water partition coefficient (Wildman–Crippen LogP) is 1.90. The van der Waals surface area contributed by atoms with Gasteiger partial charge in [-0.1, -0.05) is 24.6 Å². The minimum absolute atomic E-state index is 0.371. The number of nitrogens with zero attached hydrogens (tertiary/aromatic N) is 1. The third-order valence-electron chi connectivity index (χ3n) is 3.54. The molecule has 0 aliphatic heterocycles. The molecule has 0 spiro atoms. The third kappa shape index (κ3) is 4.59. The molecule has 1 unspecified atom stereocenters. The molecule has 6 heteroatoms. The lowest BCUT2D eigenvalue weighted by molar-refractivity contribution is 0.709. The van der Waals surface area contributed by atoms with Crippen LogP contribution in [0.25, 0.3) is 0 Å². The third-order valence-corrected chi connectivity index (χ3v) is 4.93. The Labute approximate surface area is 140 Å². The van der Waals surface area contributed by atoms with Crippen molar-refractivity contribution in [2.75, 3.05) is 13.6 Å². The summed E-state index contributed by atoms with van der Waals surface area (Å²) < 4.78 is 1.53. The van der Waals surface area contributed by atoms with Crippen molar-refractivity contribution >= 4 is 11.8 Å². The van der Waals surface area contributed by atoms with E-state index in [1.807, 2.05) is 18.8 Å². The molecule has 1 aromatic heterocycles. The number of thioether (sulfide) groups is 1. The first-order valence-electron chi connectivity index (χ1n) is 7.62. The van der Waals surface area contributed by atoms with Gasteiger partial charge in [-0.25, -0.2) is 4.79 Å². The van der Waals surface area contributed by atoms with Crippen molar-refractivity contribution in [1.82, 2.24) is 14.9 Å². The van der Waals surface area contributed by atoms with Crippen molar-refractivity contribution in [2.24, 2.45) is 0 Å². The number of aromatic amines is 1. The van der Waals surface area contributed by atoms with Crippen molar-refractivity contribution in [2.45, 2.75) is 37.5 Å². The van der Waals surface area contributed by atoms with Gasteiger partial charge in [0.25, 0.3) is 5.56 Å². The molecule has 23 heavy (non-hydrogen) atoms. The van der Waals surface area contributed by atoms with Gasteiger partial charge in [-0.05, 0) is 32.0 Å². The van der Waals surface area contributed by atoms with Crippen LogP contribution >= 0.6 is 11.8 Å². The fourth-order valence-corrected chi connectivity index (χ4v) is 3.78. The van der Waals surface area contributed by atoms with Gasteiger partial charge in [0, 0.05) is 29.0 Å². The molecule has 1 heterocycles. The van der Waals surface area contributed by atoms with Gasteiger partial charge in [0.1, 0.15) is 0 Å². The monoisotopic (exact) mass is 333 g/mol. The van der Waals surface area contributed by atoms with Crippen LogP contribution in [0.3, 0.4) is 0 Å². The zero-order valence-corrected chi connectivity index (χ0v) is 14.8. The van der Waals surface area contributed by atoms with E-state index >= 15 is 0 Å². The maximum absolute atomic E-state index is 11.9. The molecule has 5 nitrogen and oxygen atoms in total. The lowest BCUT2D eigenvalue weighted by Crippen LogP contribution is -2.29. The Hall–Kier alpha value is -1.79. The first kappa shape index (κ1) is 17.6. The van der Waals surface area contributed by atoms with E-state index in [1.165, 1.54) is 26.7 Å². The van der Waals surface area contributed by atoms with E-state index in [2.05, 4.69) is 43.2 Å². The van der Waals surface area contributed by atoms with Gasteiger partial charge in [0.15, 0.2) is 0 Å². The molecular weight excluding hydrogens is 310 g/mol. The summed E-state index contributed by atoms with van der Waals surface area (Å²) in [5, 5.41) is 3.61. The number of aryl methyl sites for hydroxylation is 2. The number of H-pyrrole nitrogens is 1. The number of aromatic nitrogens is 2. The van der Waals surface area contributed by atoms with Crippen LogP contribution in [0.1, 0.15) is 23.6 Å². The molecule has 2 aromatic rings. The Balaban J connectivity index is 2.40. The minimum Gasteiger partial charge on any atom is -0.319 e. The molecule has 1 aromatic carbocycles. The van der Waals surface area contributed by atoms with Crippen LogP contribution in [0.2, 0.25) is 0 Å². The molecule has 0 saturated heterocycles. The van der Waals surface area contributed by atoms with E-state index in [0.29, 0.717) is 11.8 Å². The highest BCUT2D eigenvalue weighted by molar-refractivity contribution is 8.00. The lowest BCUT2D eigenvalue weighted by Gasteiger charge is -2.18. The van der Waals surface area contributed by atoms with Gasteiger partial charge >= 0.3 is 5.69 Å². The summed E-state index contributed by atoms with van der Waals surface area (Å²) in [7, 11) is 1.94. The maximum Gasteiger partial charge on any atom is 0.328 e. The Kier molecular flexibility index (Phi) is 5.85. The van der Waals surface area contributed by atoms with E-state index in [4.69, 9.17) is 0 Å². The molecule has 0 saturated carbocycles. The quantitative estimate of drug-likeness (QED) is 0.793. The summed E-state index contributed by atoms with van der Waals surface area (Å²) in [4.78, 5) is 26.7. The molecule has 124 valence electrons. The highest BCUT2D eigenvalue weighted by atomic mass is 32.2. The Morgan fingerprint density at radius 2 is 2.04 bits per heavy atom. The molecule has 0 aliphatic rings. The standard InChI is InChI=1S/C17H23N3O2S/c1-11-7-12(2)16(23-13(3)9-18-4)14(8-11)10-20-6-5-15(21)19-17(20)22/h5-8,13,18H,9-10H2,1-4H3,(H,19,21,22). The molecule has 0 fully saturated rings. The number of hydrogen-bond acceptors (Lipinski definition) is 4. The fraction of sp³-hybridized carbons (Fsp3) is 0.412. The second-order valence-electron chi connectivity index (χ2n) is 5.79. The molecule has 0 radical (unpaired) electrons. The van der Waals surface area contributed by atoms with Crippen molar-refractivity contribution in [1.29, 1.82) is 0 Å². The summed E-state index contributed by atoms with van der Waals surface area (Å²) in [6.45, 7) is 7.69. The number of nitrogens with one attached hydrogen (secondary N) is 2. The average Bonchev–Trinajstić information content (AvgIpc) is 2.46. The second kappa shape index (κ2) is 7.66. The number of hydrogen-bond donors (Lipinski definition) is 2. The Morgan fingerprint density at radius 1 is 1.30 bits per heavy atom. The predicted molar refractivity (Wildman–Crippen MR) is 95.6 cm³/mol. The van der Waals surface area contributed by atoms with Crippen molar-refractivity contribution in [3.63, 3.8) is 0 Å². The smallest absolute Gasteiger partial charge is 0.319 e. The topological polar surface area (TPSA) is 66.9 Å². The van der Waals surface area contributed by atoms with Gasteiger partial charge in [-0.15, -0.1) is 11.8 Å². The van der Waals surface area contributed by atoms with Gasteiger partial charge in [-0.2, -0.15) is 0 Å². The second-order valence-corrected chi connectivity index (χ2v) is 7.24. The minimum atomic E-state index is -0.379. The van der Waals surface area contributed by atoms with Crippen LogP contribution in [0.15, 0.2) is 38.9 Å². The maximum atomic E-state index is 11.9. The molecule has 1 atom stereocenters. The summed E-state index contributed by atoms with van der Waals surface area (Å²) in [6, 6.07) is 5.65. The van der Waals surface area contributed by atoms with Crippen LogP contribution in [0.5, 0.6) is 0 Å². The first-order valence-corrected chi connectivity index (χ1v) is 8.50. The van der Waals surface area contributed by atoms with Crippen LogP contribution in [-0.4, -0.2) is 28.4 Å². The Bertz CT molecular complexity index is 795. The number of rotatable bonds is 6. The highest BCUT2D eigenvalue weighted by Gasteiger charge is 2.13. The molecule has 0 aliphatic carbocycles. The van der Waals surface area contributed by atoms with Gasteiger partial charge < -0.3 is 5.32 Å². The summed E-state index contributed by atoms with van der Waals surface area (Å²) in [5.74, 6) is 0. The van der Waals surface area contributed by atoms with E-state index in [0.717, 1.165) is 12.1 Å². The van der Waals surface area contributed by atoms with E-state index < -0.39 is 0 Å². The van der Waals surface area contributed by atoms with Gasteiger partial charge in [0.05, 0.1) is 6.54 Å². The first-order chi connectivity index (χ1) is 10.9. The van der Waals surface area contributed by atoms with Crippen LogP contribution in [-0.2, 0) is 6.54 Å². The largest absolute Gasteiger partial charge is 0.328 e. The van der Waals surface area contributed by atoms with E-state index in [-0.39, 0.29) is 11.2 Å². The average molecular weight is 333 g/mol. The van der Waals surface area contributed by atoms with Gasteiger partial charge in [0.2, 0.25) is 0 Å². The van der Waals surface area contributed by atoms with Crippen molar-refractivity contribution < 1.29 is 0 Å². The SMILES string of the molecule is CNCC(C)Sc1c(C)cc(C)cc1Cn1ccc(=O)[nH]c1=O. The van der Waals surface area contributed by atoms with Crippen LogP contribution in [0.4, 0.5) is 0 Å². The summed E-state index contributed by atoms with van der Waals surface area (Å²) in [6.07, 6.45) is 1.55. The van der Waals surface area contributed by atoms with Crippen LogP contribution < -0.4 is 16.6 Å². The van der Waals surface area contributed by atoms with E-state index in [1.54, 1.807) is 6.20 Å². The molecule has 0 bridgehead atoms. The Morgan fingerprint density at radius 3 is 2.70 bits per heavy atom. The lowest BCUT2D eigenvalue weighted by atomic mass is 10.1.